The lowest BCUT2D eigenvalue weighted by molar-refractivity contribution is 0.573. The first kappa shape index (κ1) is 21.7. The van der Waals surface area contributed by atoms with Gasteiger partial charge in [0.05, 0.1) is 11.0 Å². The van der Waals surface area contributed by atoms with Crippen molar-refractivity contribution in [2.24, 2.45) is 10.9 Å². The van der Waals surface area contributed by atoms with Gasteiger partial charge in [-0.3, -0.25) is 4.99 Å². The molecule has 0 amide bonds. The summed E-state index contributed by atoms with van der Waals surface area (Å²) >= 11 is 0. The van der Waals surface area contributed by atoms with Gasteiger partial charge in [-0.15, -0.1) is 24.0 Å². The van der Waals surface area contributed by atoms with E-state index in [2.05, 4.69) is 71.1 Å². The maximum Gasteiger partial charge on any atom is 0.191 e. The van der Waals surface area contributed by atoms with E-state index in [1.807, 2.05) is 6.07 Å². The fourth-order valence-corrected chi connectivity index (χ4v) is 2.72. The summed E-state index contributed by atoms with van der Waals surface area (Å²) in [7, 11) is 0. The molecule has 5 nitrogen and oxygen atoms in total. The second-order valence-corrected chi connectivity index (χ2v) is 6.52. The molecule has 0 bridgehead atoms. The monoisotopic (exact) mass is 457 g/mol. The number of halogens is 1. The number of benzene rings is 1. The molecule has 0 atom stereocenters. The van der Waals surface area contributed by atoms with Crippen molar-refractivity contribution < 1.29 is 0 Å². The maximum absolute atomic E-state index is 4.68. The normalized spacial score (nSPS) is 11.6. The highest BCUT2D eigenvalue weighted by atomic mass is 127. The van der Waals surface area contributed by atoms with E-state index in [-0.39, 0.29) is 24.0 Å². The molecule has 0 aliphatic carbocycles. The van der Waals surface area contributed by atoms with Crippen molar-refractivity contribution in [1.29, 1.82) is 0 Å². The van der Waals surface area contributed by atoms with E-state index in [9.17, 15) is 0 Å². The van der Waals surface area contributed by atoms with Crippen LogP contribution in [0.25, 0.3) is 11.0 Å². The van der Waals surface area contributed by atoms with Crippen LogP contribution in [0.3, 0.4) is 0 Å². The van der Waals surface area contributed by atoms with Crippen molar-refractivity contribution in [3.63, 3.8) is 0 Å². The van der Waals surface area contributed by atoms with Crippen LogP contribution in [0.5, 0.6) is 0 Å². The maximum atomic E-state index is 4.68. The first-order valence-electron chi connectivity index (χ1n) is 9.06. The van der Waals surface area contributed by atoms with Crippen LogP contribution in [0.2, 0.25) is 0 Å². The van der Waals surface area contributed by atoms with Crippen LogP contribution in [-0.4, -0.2) is 35.1 Å². The summed E-state index contributed by atoms with van der Waals surface area (Å²) < 4.78 is 2.28. The quantitative estimate of drug-likeness (QED) is 0.273. The van der Waals surface area contributed by atoms with E-state index in [1.54, 1.807) is 0 Å². The summed E-state index contributed by atoms with van der Waals surface area (Å²) in [6.07, 6.45) is 2.16. The molecule has 0 spiro atoms. The van der Waals surface area contributed by atoms with Gasteiger partial charge in [-0.2, -0.15) is 0 Å². The van der Waals surface area contributed by atoms with Crippen molar-refractivity contribution in [2.75, 3.05) is 19.6 Å². The number of imidazole rings is 1. The fourth-order valence-electron chi connectivity index (χ4n) is 2.72. The molecule has 2 aromatic rings. The number of fused-ring (bicyclic) bond motifs is 1. The molecule has 6 heteroatoms. The molecule has 0 saturated carbocycles. The molecule has 0 aliphatic heterocycles. The predicted molar refractivity (Wildman–Crippen MR) is 118 cm³/mol. The molecule has 0 saturated heterocycles. The second-order valence-electron chi connectivity index (χ2n) is 6.52. The van der Waals surface area contributed by atoms with Gasteiger partial charge < -0.3 is 15.2 Å². The Kier molecular flexibility index (Phi) is 9.85. The number of para-hydroxylation sites is 2. The van der Waals surface area contributed by atoms with Crippen LogP contribution >= 0.6 is 24.0 Å². The SMILES string of the molecule is CCNC(=NCCCn1c(C)nc2ccccc21)NCCC(C)C.I. The van der Waals surface area contributed by atoms with E-state index in [0.717, 1.165) is 56.3 Å². The van der Waals surface area contributed by atoms with Crippen LogP contribution in [0.4, 0.5) is 0 Å². The van der Waals surface area contributed by atoms with Crippen LogP contribution in [-0.2, 0) is 6.54 Å². The van der Waals surface area contributed by atoms with Gasteiger partial charge in [-0.1, -0.05) is 26.0 Å². The largest absolute Gasteiger partial charge is 0.357 e. The van der Waals surface area contributed by atoms with E-state index >= 15 is 0 Å². The number of hydrogen-bond donors (Lipinski definition) is 2. The van der Waals surface area contributed by atoms with Crippen molar-refractivity contribution in [3.8, 4) is 0 Å². The highest BCUT2D eigenvalue weighted by Crippen LogP contribution is 2.15. The lowest BCUT2D eigenvalue weighted by Crippen LogP contribution is -2.38. The molecule has 0 aliphatic rings. The van der Waals surface area contributed by atoms with E-state index in [1.165, 1.54) is 5.52 Å². The third-order valence-electron chi connectivity index (χ3n) is 4.01. The Labute approximate surface area is 168 Å². The lowest BCUT2D eigenvalue weighted by Gasteiger charge is -2.12. The van der Waals surface area contributed by atoms with Gasteiger partial charge in [0.15, 0.2) is 5.96 Å². The number of nitrogens with zero attached hydrogens (tertiary/aromatic N) is 3. The van der Waals surface area contributed by atoms with Crippen LogP contribution in [0.1, 0.15) is 39.4 Å². The highest BCUT2D eigenvalue weighted by Gasteiger charge is 2.06. The zero-order chi connectivity index (χ0) is 17.4. The first-order valence-corrected chi connectivity index (χ1v) is 9.06. The van der Waals surface area contributed by atoms with Gasteiger partial charge in [-0.05, 0) is 44.7 Å². The smallest absolute Gasteiger partial charge is 0.191 e. The number of aromatic nitrogens is 2. The van der Waals surface area contributed by atoms with Gasteiger partial charge in [0, 0.05) is 26.2 Å². The van der Waals surface area contributed by atoms with Crippen LogP contribution < -0.4 is 10.6 Å². The molecule has 2 rings (SSSR count). The van der Waals surface area contributed by atoms with Crippen molar-refractivity contribution in [1.82, 2.24) is 20.2 Å². The number of aryl methyl sites for hydroxylation is 2. The number of aliphatic imine (C=N–C) groups is 1. The highest BCUT2D eigenvalue weighted by molar-refractivity contribution is 14.0. The van der Waals surface area contributed by atoms with Gasteiger partial charge >= 0.3 is 0 Å². The van der Waals surface area contributed by atoms with Crippen molar-refractivity contribution in [3.05, 3.63) is 30.1 Å². The third-order valence-corrected chi connectivity index (χ3v) is 4.01. The van der Waals surface area contributed by atoms with Gasteiger partial charge in [0.25, 0.3) is 0 Å². The molecule has 25 heavy (non-hydrogen) atoms. The summed E-state index contributed by atoms with van der Waals surface area (Å²) in [4.78, 5) is 9.30. The Morgan fingerprint density at radius 2 is 2.00 bits per heavy atom. The zero-order valence-corrected chi connectivity index (χ0v) is 18.2. The molecule has 1 aromatic carbocycles. The summed E-state index contributed by atoms with van der Waals surface area (Å²) in [6, 6.07) is 8.31. The van der Waals surface area contributed by atoms with Crippen LogP contribution in [0.15, 0.2) is 29.3 Å². The average molecular weight is 457 g/mol. The fraction of sp³-hybridized carbons (Fsp3) is 0.579. The van der Waals surface area contributed by atoms with E-state index < -0.39 is 0 Å². The molecular formula is C19H32IN5. The predicted octanol–water partition coefficient (Wildman–Crippen LogP) is 3.95. The summed E-state index contributed by atoms with van der Waals surface area (Å²) in [6.45, 7) is 12.3. The van der Waals surface area contributed by atoms with Crippen molar-refractivity contribution >= 4 is 41.0 Å². The van der Waals surface area contributed by atoms with E-state index in [0.29, 0.717) is 5.92 Å². The van der Waals surface area contributed by atoms with E-state index in [4.69, 9.17) is 0 Å². The summed E-state index contributed by atoms with van der Waals surface area (Å²) in [5, 5.41) is 6.72. The Balaban J connectivity index is 0.00000312. The van der Waals surface area contributed by atoms with Gasteiger partial charge in [0.1, 0.15) is 5.82 Å². The molecule has 0 fully saturated rings. The summed E-state index contributed by atoms with van der Waals surface area (Å²) in [5.74, 6) is 2.70. The minimum absolute atomic E-state index is 0. The standard InChI is InChI=1S/C19H31N5.HI/c1-5-20-19(22-13-11-15(2)3)21-12-8-14-24-16(4)23-17-9-6-7-10-18(17)24;/h6-7,9-10,15H,5,8,11-14H2,1-4H3,(H2,20,21,22);1H. The molecule has 0 radical (unpaired) electrons. The minimum atomic E-state index is 0. The molecule has 0 unspecified atom stereocenters. The number of rotatable bonds is 8. The van der Waals surface area contributed by atoms with Gasteiger partial charge in [0.2, 0.25) is 0 Å². The van der Waals surface area contributed by atoms with Crippen molar-refractivity contribution in [2.45, 2.75) is 47.1 Å². The molecule has 140 valence electrons. The Morgan fingerprint density at radius 3 is 2.72 bits per heavy atom. The first-order chi connectivity index (χ1) is 11.6. The minimum Gasteiger partial charge on any atom is -0.357 e. The van der Waals surface area contributed by atoms with Gasteiger partial charge in [-0.25, -0.2) is 4.98 Å². The Hall–Kier alpha value is -1.31. The van der Waals surface area contributed by atoms with Crippen LogP contribution in [0, 0.1) is 12.8 Å². The lowest BCUT2D eigenvalue weighted by atomic mass is 10.1. The molecule has 1 aromatic heterocycles. The molecule has 1 heterocycles. The number of nitrogens with one attached hydrogen (secondary N) is 2. The molecule has 2 N–H and O–H groups in total. The second kappa shape index (κ2) is 11.3. The zero-order valence-electron chi connectivity index (χ0n) is 15.9. The Bertz CT molecular complexity index is 663. The topological polar surface area (TPSA) is 54.2 Å². The number of guanidine groups is 1. The number of hydrogen-bond acceptors (Lipinski definition) is 2. The molecular weight excluding hydrogens is 425 g/mol. The third kappa shape index (κ3) is 6.84. The average Bonchev–Trinajstić information content (AvgIpc) is 2.86. The Morgan fingerprint density at radius 1 is 1.24 bits per heavy atom. The summed E-state index contributed by atoms with van der Waals surface area (Å²) in [5.41, 5.74) is 2.28.